The number of fused-ring (bicyclic) bond motifs is 1. The van der Waals surface area contributed by atoms with Crippen LogP contribution in [0.3, 0.4) is 0 Å². The van der Waals surface area contributed by atoms with Gasteiger partial charge in [-0.3, -0.25) is 9.59 Å². The van der Waals surface area contributed by atoms with Crippen LogP contribution in [0.2, 0.25) is 0 Å². The highest BCUT2D eigenvalue weighted by Crippen LogP contribution is 2.25. The fourth-order valence-electron chi connectivity index (χ4n) is 3.21. The molecule has 0 atom stereocenters. The van der Waals surface area contributed by atoms with Gasteiger partial charge in [0.25, 0.3) is 5.56 Å². The van der Waals surface area contributed by atoms with Crippen LogP contribution < -0.4 is 5.56 Å². The number of nitrogens with zero attached hydrogens (tertiary/aromatic N) is 3. The second-order valence-electron chi connectivity index (χ2n) is 6.15. The zero-order valence-corrected chi connectivity index (χ0v) is 14.5. The summed E-state index contributed by atoms with van der Waals surface area (Å²) in [5.41, 5.74) is 2.66. The van der Waals surface area contributed by atoms with Crippen LogP contribution in [-0.4, -0.2) is 20.1 Å². The molecule has 1 aromatic carbocycles. The van der Waals surface area contributed by atoms with E-state index in [4.69, 9.17) is 4.42 Å². The van der Waals surface area contributed by atoms with E-state index in [1.807, 2.05) is 42.8 Å². The summed E-state index contributed by atoms with van der Waals surface area (Å²) in [5.74, 6) is 0.401. The van der Waals surface area contributed by atoms with E-state index in [0.717, 1.165) is 16.6 Å². The lowest BCUT2D eigenvalue weighted by Gasteiger charge is -2.06. The normalized spacial score (nSPS) is 11.2. The Morgan fingerprint density at radius 3 is 2.69 bits per heavy atom. The van der Waals surface area contributed by atoms with Gasteiger partial charge in [0, 0.05) is 35.3 Å². The molecule has 0 unspecified atom stereocenters. The quantitative estimate of drug-likeness (QED) is 0.532. The highest BCUT2D eigenvalue weighted by Gasteiger charge is 2.19. The van der Waals surface area contributed by atoms with Crippen LogP contribution in [0.25, 0.3) is 22.4 Å². The second-order valence-corrected chi connectivity index (χ2v) is 6.15. The number of ketones is 1. The smallest absolute Gasteiger partial charge is 0.267 e. The van der Waals surface area contributed by atoms with Gasteiger partial charge in [0.1, 0.15) is 12.2 Å². The molecule has 0 saturated carbocycles. The third-order valence-electron chi connectivity index (χ3n) is 4.61. The van der Waals surface area contributed by atoms with E-state index in [0.29, 0.717) is 17.0 Å². The van der Waals surface area contributed by atoms with Gasteiger partial charge in [0.2, 0.25) is 0 Å². The molecule has 0 saturated heterocycles. The number of rotatable bonds is 4. The summed E-state index contributed by atoms with van der Waals surface area (Å²) in [6, 6.07) is 14.2. The average molecular weight is 347 g/mol. The molecule has 0 radical (unpaired) electrons. The number of benzene rings is 1. The lowest BCUT2D eigenvalue weighted by molar-refractivity contribution is 0.0966. The minimum Gasteiger partial charge on any atom is -0.463 e. The Labute approximate surface area is 149 Å². The lowest BCUT2D eigenvalue weighted by Crippen LogP contribution is -2.26. The lowest BCUT2D eigenvalue weighted by atomic mass is 10.1. The predicted molar refractivity (Wildman–Crippen MR) is 98.2 cm³/mol. The number of aryl methyl sites for hydroxylation is 1. The van der Waals surface area contributed by atoms with Gasteiger partial charge >= 0.3 is 0 Å². The van der Waals surface area contributed by atoms with E-state index in [1.54, 1.807) is 18.2 Å². The summed E-state index contributed by atoms with van der Waals surface area (Å²) in [6.45, 7) is 1.78. The molecule has 0 amide bonds. The summed E-state index contributed by atoms with van der Waals surface area (Å²) in [6.07, 6.45) is 1.54. The van der Waals surface area contributed by atoms with E-state index in [1.165, 1.54) is 17.0 Å². The maximum Gasteiger partial charge on any atom is 0.267 e. The van der Waals surface area contributed by atoms with E-state index in [9.17, 15) is 9.59 Å². The van der Waals surface area contributed by atoms with Crippen molar-refractivity contribution >= 4 is 16.7 Å². The number of hydrogen-bond donors (Lipinski definition) is 0. The number of hydrogen-bond acceptors (Lipinski definition) is 4. The molecule has 0 aliphatic carbocycles. The topological polar surface area (TPSA) is 70.0 Å². The molecule has 3 aromatic heterocycles. The zero-order valence-electron chi connectivity index (χ0n) is 14.5. The van der Waals surface area contributed by atoms with Crippen molar-refractivity contribution in [2.45, 2.75) is 13.5 Å². The van der Waals surface area contributed by atoms with Crippen molar-refractivity contribution in [3.05, 3.63) is 76.4 Å². The SMILES string of the molecule is Cc1c(C(=O)Cn2nc(-c3ccco3)ccc2=O)c2ccccc2n1C. The maximum atomic E-state index is 13.0. The standard InChI is InChI=1S/C20H17N3O3/c1-13-20(14-6-3-4-7-16(14)22(13)2)17(24)12-23-19(25)10-9-15(21-23)18-8-5-11-26-18/h3-11H,12H2,1-2H3. The number of Topliss-reactive ketones (excluding diaryl/α,β-unsaturated/α-hetero) is 1. The molecule has 26 heavy (non-hydrogen) atoms. The van der Waals surface area contributed by atoms with E-state index >= 15 is 0 Å². The summed E-state index contributed by atoms with van der Waals surface area (Å²) >= 11 is 0. The molecule has 6 heteroatoms. The Kier molecular flexibility index (Phi) is 3.80. The van der Waals surface area contributed by atoms with Crippen molar-refractivity contribution in [2.24, 2.45) is 7.05 Å². The molecule has 3 heterocycles. The van der Waals surface area contributed by atoms with Gasteiger partial charge in [0.15, 0.2) is 11.5 Å². The Morgan fingerprint density at radius 2 is 1.92 bits per heavy atom. The number of carbonyl (C=O) groups is 1. The Bertz CT molecular complexity index is 1170. The Balaban J connectivity index is 1.75. The van der Waals surface area contributed by atoms with Crippen molar-refractivity contribution in [3.63, 3.8) is 0 Å². The number of carbonyl (C=O) groups excluding carboxylic acids is 1. The van der Waals surface area contributed by atoms with E-state index in [-0.39, 0.29) is 17.9 Å². The van der Waals surface area contributed by atoms with Crippen molar-refractivity contribution in [1.29, 1.82) is 0 Å². The van der Waals surface area contributed by atoms with Crippen LogP contribution in [0.5, 0.6) is 0 Å². The van der Waals surface area contributed by atoms with Gasteiger partial charge in [-0.25, -0.2) is 4.68 Å². The molecular weight excluding hydrogens is 330 g/mol. The third-order valence-corrected chi connectivity index (χ3v) is 4.61. The molecule has 0 fully saturated rings. The van der Waals surface area contributed by atoms with Crippen LogP contribution in [0, 0.1) is 6.92 Å². The van der Waals surface area contributed by atoms with Gasteiger partial charge in [-0.1, -0.05) is 18.2 Å². The molecule has 4 aromatic rings. The van der Waals surface area contributed by atoms with Crippen molar-refractivity contribution in [1.82, 2.24) is 14.3 Å². The fourth-order valence-corrected chi connectivity index (χ4v) is 3.21. The molecular formula is C20H17N3O3. The van der Waals surface area contributed by atoms with Crippen LogP contribution in [0.15, 0.2) is 64.0 Å². The zero-order chi connectivity index (χ0) is 18.3. The maximum absolute atomic E-state index is 13.0. The highest BCUT2D eigenvalue weighted by molar-refractivity contribution is 6.09. The largest absolute Gasteiger partial charge is 0.463 e. The average Bonchev–Trinajstić information content (AvgIpc) is 3.25. The molecule has 0 aliphatic heterocycles. The fraction of sp³-hybridized carbons (Fsp3) is 0.150. The number of aromatic nitrogens is 3. The predicted octanol–water partition coefficient (Wildman–Crippen LogP) is 3.19. The van der Waals surface area contributed by atoms with Crippen molar-refractivity contribution < 1.29 is 9.21 Å². The first kappa shape index (κ1) is 16.1. The van der Waals surface area contributed by atoms with Crippen molar-refractivity contribution in [2.75, 3.05) is 0 Å². The first-order chi connectivity index (χ1) is 12.6. The van der Waals surface area contributed by atoms with E-state index in [2.05, 4.69) is 5.10 Å². The number of para-hydroxylation sites is 1. The molecule has 0 bridgehead atoms. The molecule has 0 aliphatic rings. The van der Waals surface area contributed by atoms with Crippen molar-refractivity contribution in [3.8, 4) is 11.5 Å². The minimum atomic E-state index is -0.327. The molecule has 130 valence electrons. The number of furan rings is 1. The molecule has 4 rings (SSSR count). The van der Waals surface area contributed by atoms with Gasteiger partial charge < -0.3 is 8.98 Å². The Morgan fingerprint density at radius 1 is 1.12 bits per heavy atom. The molecule has 6 nitrogen and oxygen atoms in total. The Hall–Kier alpha value is -3.41. The first-order valence-corrected chi connectivity index (χ1v) is 8.25. The second kappa shape index (κ2) is 6.15. The summed E-state index contributed by atoms with van der Waals surface area (Å²) in [5, 5.41) is 5.16. The molecule has 0 N–H and O–H groups in total. The first-order valence-electron chi connectivity index (χ1n) is 8.25. The van der Waals surface area contributed by atoms with Crippen LogP contribution in [0.4, 0.5) is 0 Å². The minimum absolute atomic E-state index is 0.123. The van der Waals surface area contributed by atoms with E-state index < -0.39 is 0 Å². The summed E-state index contributed by atoms with van der Waals surface area (Å²) in [4.78, 5) is 25.1. The van der Waals surface area contributed by atoms with Crippen LogP contribution >= 0.6 is 0 Å². The summed E-state index contributed by atoms with van der Waals surface area (Å²) in [7, 11) is 1.93. The van der Waals surface area contributed by atoms with Crippen LogP contribution in [-0.2, 0) is 13.6 Å². The van der Waals surface area contributed by atoms with Crippen LogP contribution in [0.1, 0.15) is 16.1 Å². The van der Waals surface area contributed by atoms with Gasteiger partial charge in [0.05, 0.1) is 6.26 Å². The van der Waals surface area contributed by atoms with Gasteiger partial charge in [-0.2, -0.15) is 5.10 Å². The monoisotopic (exact) mass is 347 g/mol. The summed E-state index contributed by atoms with van der Waals surface area (Å²) < 4.78 is 8.48. The highest BCUT2D eigenvalue weighted by atomic mass is 16.3. The molecule has 0 spiro atoms. The third kappa shape index (κ3) is 2.56. The van der Waals surface area contributed by atoms with Gasteiger partial charge in [-0.15, -0.1) is 0 Å². The van der Waals surface area contributed by atoms with Gasteiger partial charge in [-0.05, 0) is 31.2 Å².